The Hall–Kier alpha value is -3.88. The Kier molecular flexibility index (Phi) is 8.64. The Bertz CT molecular complexity index is 1930. The zero-order valence-corrected chi connectivity index (χ0v) is 28.2. The van der Waals surface area contributed by atoms with Crippen molar-refractivity contribution < 1.29 is 23.1 Å². The number of amides is 2. The van der Waals surface area contributed by atoms with Gasteiger partial charge in [0.1, 0.15) is 17.9 Å². The Morgan fingerprint density at radius 3 is 2.36 bits per heavy atom. The van der Waals surface area contributed by atoms with Gasteiger partial charge in [0.25, 0.3) is 15.9 Å². The summed E-state index contributed by atoms with van der Waals surface area (Å²) < 4.78 is 31.4. The molecule has 2 aromatic heterocycles. The highest BCUT2D eigenvalue weighted by Crippen LogP contribution is 2.45. The van der Waals surface area contributed by atoms with Gasteiger partial charge in [0.2, 0.25) is 11.9 Å². The van der Waals surface area contributed by atoms with Crippen LogP contribution in [0.1, 0.15) is 39.2 Å². The number of sulfonamides is 1. The van der Waals surface area contributed by atoms with Gasteiger partial charge in [-0.15, -0.1) is 0 Å². The van der Waals surface area contributed by atoms with Crippen LogP contribution in [0, 0.1) is 0 Å². The van der Waals surface area contributed by atoms with E-state index in [1.807, 2.05) is 24.3 Å². The highest BCUT2D eigenvalue weighted by Gasteiger charge is 2.53. The van der Waals surface area contributed by atoms with Crippen LogP contribution in [-0.4, -0.2) is 73.9 Å². The number of anilines is 2. The molecule has 2 atom stereocenters. The van der Waals surface area contributed by atoms with Gasteiger partial charge in [-0.2, -0.15) is 4.31 Å². The first-order chi connectivity index (χ1) is 22.2. The van der Waals surface area contributed by atoms with Crippen LogP contribution in [0.3, 0.4) is 0 Å². The summed E-state index contributed by atoms with van der Waals surface area (Å²) in [6, 6.07) is 11.2. The molecule has 47 heavy (non-hydrogen) atoms. The molecule has 4 heterocycles. The predicted molar refractivity (Wildman–Crippen MR) is 177 cm³/mol. The topological polar surface area (TPSA) is 151 Å². The molecule has 1 saturated heterocycles. The zero-order valence-electron chi connectivity index (χ0n) is 25.9. The van der Waals surface area contributed by atoms with E-state index in [-0.39, 0.29) is 40.5 Å². The number of carbonyl (C=O) groups excluding carboxylic acids is 2. The standard InChI is InChI=1S/C32H33Cl2N7O5S/c1-31(2,44)18-38-28(42)26-5-4-10-39(26)47(45,46)27-17-37-30-40(25-12-23(33)11-24(34)13-25)29(43)32(3,41(27)30)14-20-6-8-21(9-7-20)22-15-35-19-36-16-22/h6-9,11-13,15-17,19,26,44H,4-5,10,14,18H2,1-3H3,(H,38,42)/t26-,32+/m0/s1. The molecule has 2 aliphatic rings. The Morgan fingerprint density at radius 2 is 1.72 bits per heavy atom. The van der Waals surface area contributed by atoms with Crippen molar-refractivity contribution in [2.45, 2.75) is 62.2 Å². The van der Waals surface area contributed by atoms with Crippen molar-refractivity contribution in [1.29, 1.82) is 0 Å². The lowest BCUT2D eigenvalue weighted by molar-refractivity contribution is -0.125. The van der Waals surface area contributed by atoms with E-state index in [2.05, 4.69) is 20.3 Å². The average molecular weight is 699 g/mol. The summed E-state index contributed by atoms with van der Waals surface area (Å²) in [5, 5.41) is 13.1. The molecule has 0 aliphatic carbocycles. The molecule has 4 aromatic rings. The van der Waals surface area contributed by atoms with Crippen LogP contribution >= 0.6 is 23.2 Å². The smallest absolute Gasteiger partial charge is 0.261 e. The molecular formula is C32H33Cl2N7O5S. The number of imidazole rings is 1. The quantitative estimate of drug-likeness (QED) is 0.263. The summed E-state index contributed by atoms with van der Waals surface area (Å²) in [4.78, 5) is 41.6. The van der Waals surface area contributed by atoms with Crippen molar-refractivity contribution in [3.05, 3.63) is 83.0 Å². The van der Waals surface area contributed by atoms with Crippen molar-refractivity contribution in [2.24, 2.45) is 0 Å². The second-order valence-corrected chi connectivity index (χ2v) is 15.3. The van der Waals surface area contributed by atoms with Gasteiger partial charge in [0.05, 0.1) is 17.5 Å². The van der Waals surface area contributed by atoms with Gasteiger partial charge in [0, 0.05) is 47.5 Å². The van der Waals surface area contributed by atoms with Crippen molar-refractivity contribution in [3.8, 4) is 11.1 Å². The fourth-order valence-electron chi connectivity index (χ4n) is 6.11. The van der Waals surface area contributed by atoms with Gasteiger partial charge in [-0.05, 0) is 62.9 Å². The van der Waals surface area contributed by atoms with Gasteiger partial charge in [-0.25, -0.2) is 28.3 Å². The fourth-order valence-corrected chi connectivity index (χ4v) is 8.47. The van der Waals surface area contributed by atoms with Gasteiger partial charge < -0.3 is 10.4 Å². The third kappa shape index (κ3) is 6.25. The zero-order chi connectivity index (χ0) is 33.7. The van der Waals surface area contributed by atoms with Crippen LogP contribution in [0.5, 0.6) is 0 Å². The fraction of sp³-hybridized carbons (Fsp3) is 0.344. The van der Waals surface area contributed by atoms with E-state index in [1.165, 1.54) is 28.1 Å². The highest BCUT2D eigenvalue weighted by molar-refractivity contribution is 7.89. The van der Waals surface area contributed by atoms with E-state index in [1.54, 1.807) is 45.3 Å². The number of hydrogen-bond donors (Lipinski definition) is 2. The van der Waals surface area contributed by atoms with E-state index in [0.717, 1.165) is 21.0 Å². The van der Waals surface area contributed by atoms with Crippen LogP contribution < -0.4 is 10.2 Å². The van der Waals surface area contributed by atoms with E-state index >= 15 is 0 Å². The van der Waals surface area contributed by atoms with Gasteiger partial charge in [-0.1, -0.05) is 47.5 Å². The minimum atomic E-state index is -4.35. The van der Waals surface area contributed by atoms with Crippen molar-refractivity contribution in [1.82, 2.24) is 29.1 Å². The minimum Gasteiger partial charge on any atom is -0.389 e. The van der Waals surface area contributed by atoms with Gasteiger partial charge in [-0.3, -0.25) is 14.2 Å². The first-order valence-corrected chi connectivity index (χ1v) is 17.1. The number of halogens is 2. The van der Waals surface area contributed by atoms with E-state index in [0.29, 0.717) is 18.5 Å². The predicted octanol–water partition coefficient (Wildman–Crippen LogP) is 4.32. The maximum Gasteiger partial charge on any atom is 0.261 e. The van der Waals surface area contributed by atoms with E-state index in [9.17, 15) is 23.1 Å². The van der Waals surface area contributed by atoms with Crippen LogP contribution in [0.15, 0.2) is 72.4 Å². The minimum absolute atomic E-state index is 0.0435. The Morgan fingerprint density at radius 1 is 1.06 bits per heavy atom. The first kappa shape index (κ1) is 33.0. The van der Waals surface area contributed by atoms with Crippen LogP contribution in [0.4, 0.5) is 11.6 Å². The number of carbonyl (C=O) groups is 2. The van der Waals surface area contributed by atoms with Crippen LogP contribution in [-0.2, 0) is 31.6 Å². The number of fused-ring (bicyclic) bond motifs is 1. The van der Waals surface area contributed by atoms with Crippen LogP contribution in [0.25, 0.3) is 11.1 Å². The number of aromatic nitrogens is 4. The lowest BCUT2D eigenvalue weighted by Gasteiger charge is -2.29. The molecule has 12 nitrogen and oxygen atoms in total. The summed E-state index contributed by atoms with van der Waals surface area (Å²) >= 11 is 12.6. The van der Waals surface area contributed by atoms with Gasteiger partial charge in [0.15, 0.2) is 5.03 Å². The molecule has 0 saturated carbocycles. The molecule has 1 fully saturated rings. The second-order valence-electron chi connectivity index (χ2n) is 12.6. The lowest BCUT2D eigenvalue weighted by atomic mass is 9.91. The molecule has 0 unspecified atom stereocenters. The number of nitrogens with zero attached hydrogens (tertiary/aromatic N) is 6. The largest absolute Gasteiger partial charge is 0.389 e. The van der Waals surface area contributed by atoms with Gasteiger partial charge >= 0.3 is 0 Å². The SMILES string of the molecule is CC(C)(O)CNC(=O)[C@@H]1CCCN1S(=O)(=O)c1cnc2n1[C@](C)(Cc1ccc(-c3cncnc3)cc1)C(=O)N2c1cc(Cl)cc(Cl)c1. The van der Waals surface area contributed by atoms with E-state index < -0.39 is 39.0 Å². The molecule has 0 radical (unpaired) electrons. The number of hydrogen-bond acceptors (Lipinski definition) is 8. The number of nitrogens with one attached hydrogen (secondary N) is 1. The number of aliphatic hydroxyl groups is 1. The molecule has 6 rings (SSSR count). The summed E-state index contributed by atoms with van der Waals surface area (Å²) in [5.41, 5.74) is 0.160. The van der Waals surface area contributed by atoms with Crippen LogP contribution in [0.2, 0.25) is 10.0 Å². The molecular weight excluding hydrogens is 665 g/mol. The summed E-state index contributed by atoms with van der Waals surface area (Å²) in [7, 11) is -4.35. The maximum absolute atomic E-state index is 14.5. The molecule has 2 N–H and O–H groups in total. The second kappa shape index (κ2) is 12.3. The molecule has 0 spiro atoms. The molecule has 15 heteroatoms. The molecule has 2 aliphatic heterocycles. The first-order valence-electron chi connectivity index (χ1n) is 14.9. The molecule has 2 amide bonds. The average Bonchev–Trinajstić information content (AvgIpc) is 3.73. The third-order valence-corrected chi connectivity index (χ3v) is 10.7. The Labute approximate surface area is 282 Å². The lowest BCUT2D eigenvalue weighted by Crippen LogP contribution is -2.49. The number of rotatable bonds is 9. The maximum atomic E-state index is 14.5. The monoisotopic (exact) mass is 697 g/mol. The summed E-state index contributed by atoms with van der Waals surface area (Å²) in [5.74, 6) is -0.862. The van der Waals surface area contributed by atoms with Crippen molar-refractivity contribution >= 4 is 56.7 Å². The summed E-state index contributed by atoms with van der Waals surface area (Å²) in [6.45, 7) is 4.82. The third-order valence-electron chi connectivity index (χ3n) is 8.34. The van der Waals surface area contributed by atoms with E-state index in [4.69, 9.17) is 23.2 Å². The molecule has 2 aromatic carbocycles. The molecule has 246 valence electrons. The number of benzene rings is 2. The summed E-state index contributed by atoms with van der Waals surface area (Å²) in [6.07, 6.45) is 6.94. The van der Waals surface area contributed by atoms with Crippen molar-refractivity contribution in [3.63, 3.8) is 0 Å². The van der Waals surface area contributed by atoms with Crippen molar-refractivity contribution in [2.75, 3.05) is 18.0 Å². The normalized spacial score (nSPS) is 20.1. The highest BCUT2D eigenvalue weighted by atomic mass is 35.5. The molecule has 0 bridgehead atoms. The Balaban J connectivity index is 1.42.